The van der Waals surface area contributed by atoms with Crippen molar-refractivity contribution in [2.45, 2.75) is 13.0 Å². The first-order valence-electron chi connectivity index (χ1n) is 6.66. The number of hydrogen-bond acceptors (Lipinski definition) is 3. The number of methoxy groups -OCH3 is 1. The predicted octanol–water partition coefficient (Wildman–Crippen LogP) is 2.76. The summed E-state index contributed by atoms with van der Waals surface area (Å²) in [5.41, 5.74) is 1.29. The maximum atomic E-state index is 12.1. The molecule has 0 unspecified atom stereocenters. The van der Waals surface area contributed by atoms with Crippen molar-refractivity contribution in [2.75, 3.05) is 7.11 Å². The van der Waals surface area contributed by atoms with Gasteiger partial charge in [0.15, 0.2) is 0 Å². The molecule has 1 atom stereocenters. The second-order valence-electron chi connectivity index (χ2n) is 4.66. The molecule has 0 bridgehead atoms. The van der Waals surface area contributed by atoms with Gasteiger partial charge in [0, 0.05) is 5.56 Å². The van der Waals surface area contributed by atoms with Gasteiger partial charge in [0.1, 0.15) is 5.75 Å². The smallest absolute Gasteiger partial charge is 0.292 e. The third-order valence-electron chi connectivity index (χ3n) is 3.21. The van der Waals surface area contributed by atoms with Gasteiger partial charge in [0.2, 0.25) is 5.78 Å². The van der Waals surface area contributed by atoms with E-state index < -0.39 is 11.7 Å². The summed E-state index contributed by atoms with van der Waals surface area (Å²) >= 11 is 0. The molecule has 2 aromatic rings. The molecule has 0 saturated heterocycles. The van der Waals surface area contributed by atoms with Gasteiger partial charge in [-0.25, -0.2) is 0 Å². The molecule has 21 heavy (non-hydrogen) atoms. The summed E-state index contributed by atoms with van der Waals surface area (Å²) in [7, 11) is 1.55. The fraction of sp³-hybridized carbons (Fsp3) is 0.176. The van der Waals surface area contributed by atoms with E-state index in [9.17, 15) is 9.59 Å². The number of benzene rings is 2. The van der Waals surface area contributed by atoms with Gasteiger partial charge < -0.3 is 10.1 Å². The van der Waals surface area contributed by atoms with Crippen LogP contribution in [0.4, 0.5) is 0 Å². The van der Waals surface area contributed by atoms with Crippen LogP contribution in [0.25, 0.3) is 0 Å². The van der Waals surface area contributed by atoms with Crippen LogP contribution in [-0.2, 0) is 4.79 Å². The molecule has 4 heteroatoms. The Kier molecular flexibility index (Phi) is 4.72. The van der Waals surface area contributed by atoms with Gasteiger partial charge in [-0.3, -0.25) is 9.59 Å². The molecule has 0 aliphatic carbocycles. The van der Waals surface area contributed by atoms with Crippen molar-refractivity contribution in [3.8, 4) is 5.75 Å². The van der Waals surface area contributed by atoms with Gasteiger partial charge in [-0.05, 0) is 36.8 Å². The average molecular weight is 283 g/mol. The molecule has 2 aromatic carbocycles. The number of nitrogens with one attached hydrogen (secondary N) is 1. The second-order valence-corrected chi connectivity index (χ2v) is 4.66. The van der Waals surface area contributed by atoms with E-state index in [1.54, 1.807) is 31.4 Å². The number of carbonyl (C=O) groups is 2. The van der Waals surface area contributed by atoms with Crippen LogP contribution in [0.15, 0.2) is 54.6 Å². The first kappa shape index (κ1) is 14.8. The molecule has 1 N–H and O–H groups in total. The Labute approximate surface area is 123 Å². The van der Waals surface area contributed by atoms with E-state index in [4.69, 9.17) is 4.74 Å². The van der Waals surface area contributed by atoms with E-state index in [-0.39, 0.29) is 6.04 Å². The number of hydrogen-bond donors (Lipinski definition) is 1. The molecular weight excluding hydrogens is 266 g/mol. The van der Waals surface area contributed by atoms with Crippen molar-refractivity contribution in [1.82, 2.24) is 5.32 Å². The van der Waals surface area contributed by atoms with Crippen LogP contribution in [0.1, 0.15) is 28.9 Å². The van der Waals surface area contributed by atoms with Crippen molar-refractivity contribution < 1.29 is 14.3 Å². The van der Waals surface area contributed by atoms with E-state index in [2.05, 4.69) is 5.32 Å². The maximum Gasteiger partial charge on any atom is 0.292 e. The van der Waals surface area contributed by atoms with Gasteiger partial charge in [0.05, 0.1) is 13.2 Å². The minimum Gasteiger partial charge on any atom is -0.497 e. The van der Waals surface area contributed by atoms with Crippen LogP contribution in [-0.4, -0.2) is 18.8 Å². The monoisotopic (exact) mass is 283 g/mol. The summed E-state index contributed by atoms with van der Waals surface area (Å²) in [6.07, 6.45) is 0. The highest BCUT2D eigenvalue weighted by molar-refractivity contribution is 6.42. The van der Waals surface area contributed by atoms with E-state index in [1.807, 2.05) is 37.3 Å². The molecule has 0 aliphatic rings. The topological polar surface area (TPSA) is 55.4 Å². The summed E-state index contributed by atoms with van der Waals surface area (Å²) in [5.74, 6) is -0.526. The predicted molar refractivity (Wildman–Crippen MR) is 80.3 cm³/mol. The molecule has 0 radical (unpaired) electrons. The van der Waals surface area contributed by atoms with Crippen LogP contribution in [0.5, 0.6) is 5.75 Å². The number of amides is 1. The minimum absolute atomic E-state index is 0.221. The van der Waals surface area contributed by atoms with Crippen LogP contribution in [0, 0.1) is 0 Å². The zero-order valence-corrected chi connectivity index (χ0v) is 12.0. The highest BCUT2D eigenvalue weighted by atomic mass is 16.5. The lowest BCUT2D eigenvalue weighted by Crippen LogP contribution is -2.33. The SMILES string of the molecule is COc1ccc(C(=O)C(=O)N[C@H](C)c2ccccc2)cc1. The molecule has 2 rings (SSSR count). The van der Waals surface area contributed by atoms with Crippen molar-refractivity contribution in [3.05, 3.63) is 65.7 Å². The summed E-state index contributed by atoms with van der Waals surface area (Å²) in [4.78, 5) is 24.0. The molecule has 0 heterocycles. The second kappa shape index (κ2) is 6.70. The zero-order valence-electron chi connectivity index (χ0n) is 12.0. The lowest BCUT2D eigenvalue weighted by atomic mass is 10.1. The molecular formula is C17H17NO3. The Morgan fingerprint density at radius 1 is 1.00 bits per heavy atom. The standard InChI is InChI=1S/C17H17NO3/c1-12(13-6-4-3-5-7-13)18-17(20)16(19)14-8-10-15(21-2)11-9-14/h3-12H,1-2H3,(H,18,20)/t12-/m1/s1. The molecule has 0 spiro atoms. The fourth-order valence-corrected chi connectivity index (χ4v) is 1.96. The molecule has 4 nitrogen and oxygen atoms in total. The molecule has 1 amide bonds. The van der Waals surface area contributed by atoms with Gasteiger partial charge in [-0.1, -0.05) is 30.3 Å². The largest absolute Gasteiger partial charge is 0.497 e. The van der Waals surface area contributed by atoms with Crippen molar-refractivity contribution in [2.24, 2.45) is 0 Å². The average Bonchev–Trinajstić information content (AvgIpc) is 2.55. The Hall–Kier alpha value is -2.62. The van der Waals surface area contributed by atoms with Crippen LogP contribution < -0.4 is 10.1 Å². The zero-order chi connectivity index (χ0) is 15.2. The highest BCUT2D eigenvalue weighted by Crippen LogP contribution is 2.14. The van der Waals surface area contributed by atoms with Gasteiger partial charge in [-0.15, -0.1) is 0 Å². The normalized spacial score (nSPS) is 11.5. The number of Topliss-reactive ketones (excluding diaryl/α,β-unsaturated/α-hetero) is 1. The van der Waals surface area contributed by atoms with Crippen molar-refractivity contribution in [3.63, 3.8) is 0 Å². The number of carbonyl (C=O) groups excluding carboxylic acids is 2. The van der Waals surface area contributed by atoms with E-state index in [1.165, 1.54) is 0 Å². The molecule has 0 aromatic heterocycles. The lowest BCUT2D eigenvalue weighted by Gasteiger charge is -2.13. The van der Waals surface area contributed by atoms with Gasteiger partial charge in [-0.2, -0.15) is 0 Å². The lowest BCUT2D eigenvalue weighted by molar-refractivity contribution is -0.117. The number of rotatable bonds is 5. The Balaban J connectivity index is 2.03. The van der Waals surface area contributed by atoms with E-state index in [0.29, 0.717) is 11.3 Å². The van der Waals surface area contributed by atoms with E-state index >= 15 is 0 Å². The number of ketones is 1. The van der Waals surface area contributed by atoms with Crippen LogP contribution in [0.3, 0.4) is 0 Å². The quantitative estimate of drug-likeness (QED) is 0.678. The minimum atomic E-state index is -0.614. The number of ether oxygens (including phenoxy) is 1. The molecule has 0 saturated carbocycles. The summed E-state index contributed by atoms with van der Waals surface area (Å²) in [5, 5.41) is 2.70. The summed E-state index contributed by atoms with van der Waals surface area (Å²) in [6, 6.07) is 15.7. The Morgan fingerprint density at radius 3 is 2.19 bits per heavy atom. The summed E-state index contributed by atoms with van der Waals surface area (Å²) in [6.45, 7) is 1.84. The van der Waals surface area contributed by atoms with Gasteiger partial charge in [0.25, 0.3) is 5.91 Å². The molecule has 108 valence electrons. The molecule has 0 fully saturated rings. The fourth-order valence-electron chi connectivity index (χ4n) is 1.96. The third kappa shape index (κ3) is 3.69. The van der Waals surface area contributed by atoms with Crippen LogP contribution in [0.2, 0.25) is 0 Å². The van der Waals surface area contributed by atoms with Crippen LogP contribution >= 0.6 is 0 Å². The van der Waals surface area contributed by atoms with Crippen molar-refractivity contribution in [1.29, 1.82) is 0 Å². The Bertz CT molecular complexity index is 620. The summed E-state index contributed by atoms with van der Waals surface area (Å²) < 4.78 is 5.02. The van der Waals surface area contributed by atoms with Crippen molar-refractivity contribution >= 4 is 11.7 Å². The first-order chi connectivity index (χ1) is 10.1. The first-order valence-corrected chi connectivity index (χ1v) is 6.66. The molecule has 0 aliphatic heterocycles. The van der Waals surface area contributed by atoms with Gasteiger partial charge >= 0.3 is 0 Å². The van der Waals surface area contributed by atoms with E-state index in [0.717, 1.165) is 5.56 Å². The maximum absolute atomic E-state index is 12.1. The third-order valence-corrected chi connectivity index (χ3v) is 3.21. The Morgan fingerprint density at radius 2 is 1.62 bits per heavy atom. The highest BCUT2D eigenvalue weighted by Gasteiger charge is 2.18.